The summed E-state index contributed by atoms with van der Waals surface area (Å²) in [7, 11) is 0. The van der Waals surface area contributed by atoms with E-state index in [1.54, 1.807) is 32.0 Å². The molecule has 0 aliphatic carbocycles. The molecular weight excluding hydrogens is 492 g/mol. The number of ether oxygens (including phenoxy) is 2. The maximum Gasteiger partial charge on any atom is 0.427 e. The lowest BCUT2D eigenvalue weighted by atomic mass is 9.85. The van der Waals surface area contributed by atoms with Gasteiger partial charge < -0.3 is 20.1 Å². The molecule has 0 spiro atoms. The number of nitrogens with one attached hydrogen (secondary N) is 3. The van der Waals surface area contributed by atoms with E-state index in [9.17, 15) is 24.0 Å². The number of carbonyl (C=O) groups is 5. The van der Waals surface area contributed by atoms with Crippen molar-refractivity contribution < 1.29 is 37.9 Å². The number of quaternary nitrogens is 1. The van der Waals surface area contributed by atoms with Crippen LogP contribution in [-0.4, -0.2) is 72.3 Å². The Morgan fingerprint density at radius 1 is 1.16 bits per heavy atom. The highest BCUT2D eigenvalue weighted by Crippen LogP contribution is 2.30. The number of likely N-dealkylation sites (tertiary alicyclic amines) is 1. The predicted octanol–water partition coefficient (Wildman–Crippen LogP) is 2.62. The van der Waals surface area contributed by atoms with Gasteiger partial charge in [-0.3, -0.25) is 19.7 Å². The second kappa shape index (κ2) is 11.6. The van der Waals surface area contributed by atoms with Crippen LogP contribution in [0.25, 0.3) is 0 Å². The van der Waals surface area contributed by atoms with Gasteiger partial charge in [0, 0.05) is 37.6 Å². The number of amides is 5. The Bertz CT molecular complexity index is 1110. The lowest BCUT2D eigenvalue weighted by Gasteiger charge is -2.37. The maximum atomic E-state index is 14.2. The fraction of sp³-hybridized carbons (Fsp3) is 0.593. The van der Waals surface area contributed by atoms with Gasteiger partial charge in [-0.2, -0.15) is 4.48 Å². The van der Waals surface area contributed by atoms with E-state index in [1.807, 2.05) is 20.8 Å². The highest BCUT2D eigenvalue weighted by molar-refractivity contribution is 6.01. The smallest absolute Gasteiger partial charge is 0.427 e. The standard InChI is InChI=1S/C27H38N4O7/c1-7-37-20-15-21(33)38-24(20)30-26(36)31(13-8-9-14-31)25(35)22(27(4,5)6)29-23(34)18-11-10-12-19(16(18)2)28-17(3)32/h10-12,20,22,24H,7-9,13-15H2,1-6H3,(H2-,28,29,30,32,34,36)/p+1/t20-,22+,24+/m0/s1. The first-order chi connectivity index (χ1) is 17.8. The molecule has 0 saturated carbocycles. The third kappa shape index (κ3) is 6.21. The zero-order valence-electron chi connectivity index (χ0n) is 23.0. The Balaban J connectivity index is 1.88. The van der Waals surface area contributed by atoms with Crippen molar-refractivity contribution in [3.8, 4) is 0 Å². The van der Waals surface area contributed by atoms with Crippen LogP contribution in [0.1, 0.15) is 69.8 Å². The summed E-state index contributed by atoms with van der Waals surface area (Å²) >= 11 is 0. The highest BCUT2D eigenvalue weighted by atomic mass is 16.6. The summed E-state index contributed by atoms with van der Waals surface area (Å²) in [5.41, 5.74) is 0.653. The number of urea groups is 1. The van der Waals surface area contributed by atoms with Crippen molar-refractivity contribution in [3.63, 3.8) is 0 Å². The first kappa shape index (κ1) is 29.2. The van der Waals surface area contributed by atoms with E-state index in [4.69, 9.17) is 9.47 Å². The Labute approximate surface area is 223 Å². The van der Waals surface area contributed by atoms with E-state index >= 15 is 0 Å². The fourth-order valence-corrected chi connectivity index (χ4v) is 4.98. The molecule has 1 aromatic rings. The summed E-state index contributed by atoms with van der Waals surface area (Å²) < 4.78 is 10.3. The number of cyclic esters (lactones) is 1. The van der Waals surface area contributed by atoms with Crippen LogP contribution in [0, 0.1) is 12.3 Å². The van der Waals surface area contributed by atoms with Gasteiger partial charge in [-0.05, 0) is 37.0 Å². The molecule has 2 heterocycles. The first-order valence-corrected chi connectivity index (χ1v) is 13.0. The molecule has 3 atom stereocenters. The van der Waals surface area contributed by atoms with Crippen molar-refractivity contribution in [3.05, 3.63) is 29.3 Å². The van der Waals surface area contributed by atoms with E-state index < -0.39 is 52.1 Å². The molecular formula is C27H39N4O7+. The van der Waals surface area contributed by atoms with Crippen LogP contribution < -0.4 is 16.0 Å². The third-order valence-corrected chi connectivity index (χ3v) is 7.03. The van der Waals surface area contributed by atoms with Crippen molar-refractivity contribution in [2.75, 3.05) is 25.0 Å². The quantitative estimate of drug-likeness (QED) is 0.363. The van der Waals surface area contributed by atoms with E-state index in [-0.39, 0.29) is 25.4 Å². The SMILES string of the molecule is CCO[C@H]1CC(=O)O[C@H]1NC(=O)[N+]1(C(=O)[C@@H](NC(=O)c2cccc(NC(C)=O)c2C)C(C)(C)C)CCCC1. The van der Waals surface area contributed by atoms with Crippen molar-refractivity contribution in [1.29, 1.82) is 0 Å². The van der Waals surface area contributed by atoms with Crippen LogP contribution in [0.2, 0.25) is 0 Å². The normalized spacial score (nSPS) is 21.4. The Hall–Kier alpha value is -3.31. The maximum absolute atomic E-state index is 14.2. The molecule has 2 fully saturated rings. The first-order valence-electron chi connectivity index (χ1n) is 13.0. The second-order valence-electron chi connectivity index (χ2n) is 11.0. The summed E-state index contributed by atoms with van der Waals surface area (Å²) in [5.74, 6) is -1.67. The van der Waals surface area contributed by atoms with Crippen molar-refractivity contribution in [1.82, 2.24) is 10.6 Å². The average molecular weight is 532 g/mol. The van der Waals surface area contributed by atoms with Crippen LogP contribution in [0.15, 0.2) is 18.2 Å². The minimum atomic E-state index is -1.00. The molecule has 3 N–H and O–H groups in total. The summed E-state index contributed by atoms with van der Waals surface area (Å²) in [6.07, 6.45) is -0.293. The molecule has 5 amide bonds. The minimum Gasteiger partial charge on any atom is -0.439 e. The molecule has 2 aliphatic rings. The van der Waals surface area contributed by atoms with Gasteiger partial charge in [0.2, 0.25) is 12.1 Å². The number of rotatable bonds is 7. The van der Waals surface area contributed by atoms with Crippen LogP contribution in [-0.2, 0) is 23.9 Å². The van der Waals surface area contributed by atoms with Gasteiger partial charge in [0.05, 0.1) is 19.5 Å². The largest absolute Gasteiger partial charge is 0.439 e. The average Bonchev–Trinajstić information content (AvgIpc) is 3.45. The van der Waals surface area contributed by atoms with Crippen molar-refractivity contribution in [2.24, 2.45) is 5.41 Å². The number of nitrogens with zero attached hydrogens (tertiary/aromatic N) is 1. The Kier molecular flexibility index (Phi) is 8.94. The molecule has 0 radical (unpaired) electrons. The van der Waals surface area contributed by atoms with Gasteiger partial charge in [0.25, 0.3) is 5.91 Å². The number of imide groups is 1. The molecule has 38 heavy (non-hydrogen) atoms. The molecule has 3 rings (SSSR count). The number of benzene rings is 1. The Morgan fingerprint density at radius 3 is 2.39 bits per heavy atom. The number of carbonyl (C=O) groups excluding carboxylic acids is 5. The van der Waals surface area contributed by atoms with Crippen molar-refractivity contribution >= 4 is 35.4 Å². The predicted molar refractivity (Wildman–Crippen MR) is 139 cm³/mol. The molecule has 2 saturated heterocycles. The summed E-state index contributed by atoms with van der Waals surface area (Å²) in [6, 6.07) is 3.39. The van der Waals surface area contributed by atoms with E-state index in [1.165, 1.54) is 6.92 Å². The van der Waals surface area contributed by atoms with Gasteiger partial charge >= 0.3 is 17.9 Å². The molecule has 208 valence electrons. The molecule has 0 aromatic heterocycles. The van der Waals surface area contributed by atoms with Crippen molar-refractivity contribution in [2.45, 2.75) is 79.2 Å². The monoisotopic (exact) mass is 531 g/mol. The summed E-state index contributed by atoms with van der Waals surface area (Å²) in [4.78, 5) is 64.7. The molecule has 0 unspecified atom stereocenters. The molecule has 11 nitrogen and oxygen atoms in total. The zero-order valence-corrected chi connectivity index (χ0v) is 23.0. The highest BCUT2D eigenvalue weighted by Gasteiger charge is 2.54. The van der Waals surface area contributed by atoms with Gasteiger partial charge in [0.1, 0.15) is 6.10 Å². The number of esters is 1. The molecule has 2 aliphatic heterocycles. The Morgan fingerprint density at radius 2 is 1.82 bits per heavy atom. The second-order valence-corrected chi connectivity index (χ2v) is 11.0. The third-order valence-electron chi connectivity index (χ3n) is 7.03. The number of anilines is 1. The minimum absolute atomic E-state index is 0.0182. The van der Waals surface area contributed by atoms with Gasteiger partial charge in [-0.1, -0.05) is 26.8 Å². The van der Waals surface area contributed by atoms with E-state index in [0.29, 0.717) is 36.3 Å². The van der Waals surface area contributed by atoms with E-state index in [2.05, 4.69) is 16.0 Å². The van der Waals surface area contributed by atoms with Gasteiger partial charge in [-0.25, -0.2) is 9.59 Å². The topological polar surface area (TPSA) is 140 Å². The molecule has 1 aromatic carbocycles. The number of hydrogen-bond acceptors (Lipinski definition) is 7. The fourth-order valence-electron chi connectivity index (χ4n) is 4.98. The van der Waals surface area contributed by atoms with Crippen LogP contribution in [0.5, 0.6) is 0 Å². The zero-order chi connectivity index (χ0) is 28.3. The molecule has 0 bridgehead atoms. The molecule has 11 heteroatoms. The van der Waals surface area contributed by atoms with Gasteiger partial charge in [0.15, 0.2) is 6.04 Å². The van der Waals surface area contributed by atoms with Crippen LogP contribution in [0.3, 0.4) is 0 Å². The van der Waals surface area contributed by atoms with Gasteiger partial charge in [-0.15, -0.1) is 0 Å². The van der Waals surface area contributed by atoms with Crippen LogP contribution in [0.4, 0.5) is 10.5 Å². The van der Waals surface area contributed by atoms with E-state index in [0.717, 1.165) is 0 Å². The number of hydrogen-bond donors (Lipinski definition) is 3. The lowest BCUT2D eigenvalue weighted by Crippen LogP contribution is -2.68. The van der Waals surface area contributed by atoms with Crippen LogP contribution >= 0.6 is 0 Å². The summed E-state index contributed by atoms with van der Waals surface area (Å²) in [5, 5.41) is 8.30. The summed E-state index contributed by atoms with van der Waals surface area (Å²) in [6.45, 7) is 11.2. The lowest BCUT2D eigenvalue weighted by molar-refractivity contribution is -0.761.